The molecule has 2 atom stereocenters. The minimum atomic E-state index is -4.55. The number of carbonyl (C=O) groups excluding carboxylic acids is 2. The highest BCUT2D eigenvalue weighted by Gasteiger charge is 2.25. The van der Waals surface area contributed by atoms with Crippen molar-refractivity contribution in [3.63, 3.8) is 0 Å². The van der Waals surface area contributed by atoms with Crippen LogP contribution in [-0.2, 0) is 28.2 Å². The van der Waals surface area contributed by atoms with Gasteiger partial charge in [-0.05, 0) is 12.8 Å². The number of carbonyl (C=O) groups is 2. The van der Waals surface area contributed by atoms with E-state index in [0.29, 0.717) is 12.8 Å². The van der Waals surface area contributed by atoms with Crippen LogP contribution in [0.5, 0.6) is 0 Å². The van der Waals surface area contributed by atoms with Crippen molar-refractivity contribution in [2.75, 3.05) is 20.3 Å². The van der Waals surface area contributed by atoms with E-state index in [-0.39, 0.29) is 13.2 Å². The van der Waals surface area contributed by atoms with Crippen molar-refractivity contribution >= 4 is 19.8 Å². The van der Waals surface area contributed by atoms with Crippen molar-refractivity contribution in [1.82, 2.24) is 0 Å². The van der Waals surface area contributed by atoms with Gasteiger partial charge in [-0.15, -0.1) is 0 Å². The van der Waals surface area contributed by atoms with Gasteiger partial charge in [0, 0.05) is 0 Å². The van der Waals surface area contributed by atoms with Crippen LogP contribution in [0.4, 0.5) is 0 Å². The predicted molar refractivity (Wildman–Crippen MR) is 68.5 cm³/mol. The van der Waals surface area contributed by atoms with E-state index in [9.17, 15) is 14.2 Å². The van der Waals surface area contributed by atoms with Crippen LogP contribution in [-0.4, -0.2) is 42.0 Å². The fraction of sp³-hybridized carbons (Fsp3) is 0.818. The summed E-state index contributed by atoms with van der Waals surface area (Å²) in [7, 11) is -3.27. The van der Waals surface area contributed by atoms with Crippen molar-refractivity contribution in [3.8, 4) is 0 Å². The van der Waals surface area contributed by atoms with Gasteiger partial charge >= 0.3 is 19.8 Å². The maximum Gasteiger partial charge on any atom is 0.469 e. The average molecular weight is 312 g/mol. The molecule has 0 aromatic carbocycles. The second-order valence-corrected chi connectivity index (χ2v) is 5.50. The molecule has 0 aliphatic rings. The number of esters is 2. The van der Waals surface area contributed by atoms with E-state index >= 15 is 0 Å². The Hall–Kier alpha value is -0.950. The van der Waals surface area contributed by atoms with Crippen LogP contribution in [0.1, 0.15) is 26.7 Å². The van der Waals surface area contributed by atoms with Gasteiger partial charge in [0.2, 0.25) is 0 Å². The van der Waals surface area contributed by atoms with E-state index < -0.39 is 31.6 Å². The molecule has 0 amide bonds. The van der Waals surface area contributed by atoms with Crippen LogP contribution in [0.2, 0.25) is 0 Å². The molecular weight excluding hydrogens is 291 g/mol. The molecule has 0 aliphatic heterocycles. The molecule has 0 bridgehead atoms. The Kier molecular flexibility index (Phi) is 8.64. The summed E-state index contributed by atoms with van der Waals surface area (Å²) >= 11 is 0. The van der Waals surface area contributed by atoms with Crippen molar-refractivity contribution in [1.29, 1.82) is 0 Å². The summed E-state index contributed by atoms with van der Waals surface area (Å²) < 4.78 is 24.0. The summed E-state index contributed by atoms with van der Waals surface area (Å²) in [4.78, 5) is 39.9. The molecule has 0 aromatic heterocycles. The molecule has 0 aromatic rings. The summed E-state index contributed by atoms with van der Waals surface area (Å²) in [6.07, 6.45) is 0.779. The number of phosphoric ester groups is 1. The number of hydrogen-bond donors (Lipinski definition) is 2. The van der Waals surface area contributed by atoms with Gasteiger partial charge in [0.15, 0.2) is 0 Å². The second-order valence-electron chi connectivity index (χ2n) is 4.26. The van der Waals surface area contributed by atoms with Gasteiger partial charge in [-0.2, -0.15) is 0 Å². The standard InChI is InChI=1S/C11H21O8P/c1-4-9(7-8(2)10(12)17-3)11(13)18-5-6-19-20(14,15)16/h8-9H,4-7H2,1-3H3,(H2,14,15,16). The Balaban J connectivity index is 4.15. The maximum atomic E-state index is 11.7. The first-order valence-electron chi connectivity index (χ1n) is 6.15. The molecule has 118 valence electrons. The molecule has 0 saturated heterocycles. The van der Waals surface area contributed by atoms with E-state index in [0.717, 1.165) is 0 Å². The van der Waals surface area contributed by atoms with Gasteiger partial charge in [-0.3, -0.25) is 14.1 Å². The van der Waals surface area contributed by atoms with Crippen molar-refractivity contribution < 1.29 is 37.9 Å². The van der Waals surface area contributed by atoms with Crippen LogP contribution in [0.3, 0.4) is 0 Å². The summed E-state index contributed by atoms with van der Waals surface area (Å²) in [5.74, 6) is -1.83. The highest BCUT2D eigenvalue weighted by atomic mass is 31.2. The molecule has 8 nitrogen and oxygen atoms in total. The minimum Gasteiger partial charge on any atom is -0.469 e. The Morgan fingerprint density at radius 1 is 1.20 bits per heavy atom. The lowest BCUT2D eigenvalue weighted by molar-refractivity contribution is -0.152. The Labute approximate surface area is 117 Å². The van der Waals surface area contributed by atoms with Crippen molar-refractivity contribution in [3.05, 3.63) is 0 Å². The largest absolute Gasteiger partial charge is 0.469 e. The number of rotatable bonds is 9. The van der Waals surface area contributed by atoms with Crippen LogP contribution in [0.25, 0.3) is 0 Å². The molecule has 0 fully saturated rings. The molecule has 2 N–H and O–H groups in total. The Morgan fingerprint density at radius 2 is 1.80 bits per heavy atom. The number of hydrogen-bond acceptors (Lipinski definition) is 6. The van der Waals surface area contributed by atoms with Gasteiger partial charge in [0.1, 0.15) is 6.61 Å². The van der Waals surface area contributed by atoms with Crippen LogP contribution in [0.15, 0.2) is 0 Å². The third-order valence-corrected chi connectivity index (χ3v) is 3.17. The molecule has 0 saturated carbocycles. The zero-order chi connectivity index (χ0) is 15.8. The van der Waals surface area contributed by atoms with E-state index in [1.165, 1.54) is 7.11 Å². The molecule has 0 spiro atoms. The number of methoxy groups -OCH3 is 1. The van der Waals surface area contributed by atoms with Gasteiger partial charge in [-0.25, -0.2) is 4.57 Å². The van der Waals surface area contributed by atoms with Crippen LogP contribution < -0.4 is 0 Å². The molecule has 0 heterocycles. The molecule has 20 heavy (non-hydrogen) atoms. The van der Waals surface area contributed by atoms with E-state index in [1.807, 2.05) is 0 Å². The fourth-order valence-corrected chi connectivity index (χ4v) is 1.88. The average Bonchev–Trinajstić information content (AvgIpc) is 2.38. The highest BCUT2D eigenvalue weighted by molar-refractivity contribution is 7.46. The van der Waals surface area contributed by atoms with E-state index in [1.54, 1.807) is 13.8 Å². The minimum absolute atomic E-state index is 0.257. The molecule has 0 rings (SSSR count). The van der Waals surface area contributed by atoms with Crippen molar-refractivity contribution in [2.24, 2.45) is 11.8 Å². The lowest BCUT2D eigenvalue weighted by Gasteiger charge is -2.17. The zero-order valence-electron chi connectivity index (χ0n) is 11.8. The molecule has 2 unspecified atom stereocenters. The fourth-order valence-electron chi connectivity index (χ4n) is 1.57. The topological polar surface area (TPSA) is 119 Å². The Morgan fingerprint density at radius 3 is 2.25 bits per heavy atom. The van der Waals surface area contributed by atoms with E-state index in [4.69, 9.17) is 14.5 Å². The van der Waals surface area contributed by atoms with Crippen LogP contribution >= 0.6 is 7.82 Å². The summed E-state index contributed by atoms with van der Waals surface area (Å²) in [5, 5.41) is 0. The lowest BCUT2D eigenvalue weighted by Crippen LogP contribution is -2.24. The summed E-state index contributed by atoms with van der Waals surface area (Å²) in [5.41, 5.74) is 0. The van der Waals surface area contributed by atoms with Gasteiger partial charge in [-0.1, -0.05) is 13.8 Å². The Bertz CT molecular complexity index is 363. The molecule has 9 heteroatoms. The second kappa shape index (κ2) is 9.07. The first kappa shape index (κ1) is 19.1. The quantitative estimate of drug-likeness (QED) is 0.365. The smallest absolute Gasteiger partial charge is 0.469 e. The first-order chi connectivity index (χ1) is 9.21. The van der Waals surface area contributed by atoms with Gasteiger partial charge in [0.25, 0.3) is 0 Å². The van der Waals surface area contributed by atoms with Crippen molar-refractivity contribution in [2.45, 2.75) is 26.7 Å². The number of ether oxygens (including phenoxy) is 2. The summed E-state index contributed by atoms with van der Waals surface area (Å²) in [6, 6.07) is 0. The monoisotopic (exact) mass is 312 g/mol. The SMILES string of the molecule is CCC(CC(C)C(=O)OC)C(=O)OCCOP(=O)(O)O. The first-order valence-corrected chi connectivity index (χ1v) is 7.68. The van der Waals surface area contributed by atoms with E-state index in [2.05, 4.69) is 9.26 Å². The van der Waals surface area contributed by atoms with Crippen LogP contribution in [0, 0.1) is 11.8 Å². The number of phosphoric acid groups is 1. The summed E-state index contributed by atoms with van der Waals surface area (Å²) in [6.45, 7) is 2.78. The molecular formula is C11H21O8P. The maximum absolute atomic E-state index is 11.7. The lowest BCUT2D eigenvalue weighted by atomic mass is 9.94. The third-order valence-electron chi connectivity index (χ3n) is 2.65. The normalized spacial score (nSPS) is 14.4. The molecule has 0 aliphatic carbocycles. The predicted octanol–water partition coefficient (Wildman–Crippen LogP) is 0.864. The van der Waals surface area contributed by atoms with Gasteiger partial charge in [0.05, 0.1) is 25.6 Å². The highest BCUT2D eigenvalue weighted by Crippen LogP contribution is 2.35. The zero-order valence-corrected chi connectivity index (χ0v) is 12.7. The molecule has 0 radical (unpaired) electrons. The third kappa shape index (κ3) is 8.27. The van der Waals surface area contributed by atoms with Gasteiger partial charge < -0.3 is 19.3 Å².